The van der Waals surface area contributed by atoms with Crippen LogP contribution in [0.5, 0.6) is 0 Å². The number of hydrogen-bond acceptors (Lipinski definition) is 6. The third-order valence-electron chi connectivity index (χ3n) is 4.92. The van der Waals surface area contributed by atoms with Crippen molar-refractivity contribution in [3.63, 3.8) is 0 Å². The highest BCUT2D eigenvalue weighted by Crippen LogP contribution is 2.18. The van der Waals surface area contributed by atoms with Gasteiger partial charge < -0.3 is 30.6 Å². The smallest absolute Gasteiger partial charge is 0.327 e. The van der Waals surface area contributed by atoms with Gasteiger partial charge in [0.2, 0.25) is 0 Å². The van der Waals surface area contributed by atoms with Crippen molar-refractivity contribution in [1.29, 1.82) is 0 Å². The number of rotatable bonds is 17. The molecule has 0 aliphatic rings. The van der Waals surface area contributed by atoms with Gasteiger partial charge in [0.1, 0.15) is 0 Å². The van der Waals surface area contributed by atoms with E-state index >= 15 is 0 Å². The maximum atomic E-state index is 10.0. The fourth-order valence-electron chi connectivity index (χ4n) is 2.24. The minimum Gasteiger partial charge on any atom is -0.481 e. The third kappa shape index (κ3) is 37.4. The summed E-state index contributed by atoms with van der Waals surface area (Å²) in [6.07, 6.45) is 13.2. The van der Waals surface area contributed by atoms with E-state index in [1.165, 1.54) is 38.5 Å². The summed E-state index contributed by atoms with van der Waals surface area (Å²) in [5, 5.41) is 50.1. The van der Waals surface area contributed by atoms with Crippen LogP contribution in [0.15, 0.2) is 12.7 Å². The molecule has 9 heteroatoms. The molecule has 0 bridgehead atoms. The molecule has 204 valence electrons. The van der Waals surface area contributed by atoms with Crippen molar-refractivity contribution in [1.82, 2.24) is 0 Å². The summed E-state index contributed by atoms with van der Waals surface area (Å²) in [7, 11) is 0. The van der Waals surface area contributed by atoms with Crippen LogP contribution in [0.1, 0.15) is 104 Å². The van der Waals surface area contributed by atoms with Crippen molar-refractivity contribution in [2.75, 3.05) is 19.8 Å². The first-order chi connectivity index (χ1) is 16.1. The average molecular weight is 495 g/mol. The van der Waals surface area contributed by atoms with E-state index in [4.69, 9.17) is 30.6 Å². The quantitative estimate of drug-likeness (QED) is 0.126. The molecule has 0 fully saturated rings. The first-order valence-corrected chi connectivity index (χ1v) is 12.2. The van der Waals surface area contributed by atoms with Crippen molar-refractivity contribution >= 4 is 17.9 Å². The Labute approximate surface area is 205 Å². The van der Waals surface area contributed by atoms with Crippen LogP contribution in [0.3, 0.4) is 0 Å². The van der Waals surface area contributed by atoms with Gasteiger partial charge in [-0.05, 0) is 19.3 Å². The molecule has 6 N–H and O–H groups in total. The van der Waals surface area contributed by atoms with E-state index in [1.807, 2.05) is 6.92 Å². The maximum absolute atomic E-state index is 10.0. The zero-order chi connectivity index (χ0) is 27.3. The number of aliphatic carboxylic acids is 3. The van der Waals surface area contributed by atoms with Gasteiger partial charge in [-0.1, -0.05) is 78.7 Å². The minimum atomic E-state index is -0.981. The van der Waals surface area contributed by atoms with Gasteiger partial charge in [-0.25, -0.2) is 4.79 Å². The predicted octanol–water partition coefficient (Wildman–Crippen LogP) is 4.48. The van der Waals surface area contributed by atoms with E-state index in [9.17, 15) is 14.4 Å². The molecule has 0 radical (unpaired) electrons. The van der Waals surface area contributed by atoms with Gasteiger partial charge >= 0.3 is 17.9 Å². The number of aliphatic hydroxyl groups is 3. The summed E-state index contributed by atoms with van der Waals surface area (Å²) >= 11 is 0. The van der Waals surface area contributed by atoms with Crippen molar-refractivity contribution in [3.05, 3.63) is 12.7 Å². The average Bonchev–Trinajstić information content (AvgIpc) is 2.81. The Kier molecular flexibility index (Phi) is 35.8. The first kappa shape index (κ1) is 39.3. The van der Waals surface area contributed by atoms with Crippen molar-refractivity contribution in [3.8, 4) is 0 Å². The number of hydrogen-bond donors (Lipinski definition) is 6. The summed E-state index contributed by atoms with van der Waals surface area (Å²) in [5.74, 6) is -2.32. The maximum Gasteiger partial charge on any atom is 0.327 e. The molecule has 0 rings (SSSR count). The van der Waals surface area contributed by atoms with E-state index in [2.05, 4.69) is 20.4 Å². The van der Waals surface area contributed by atoms with Crippen LogP contribution in [0.2, 0.25) is 0 Å². The standard InChI is InChI=1S/2C8H16O2.C6H14O3.C3H4O2/c2*1-2-3-4-5-6-7-8(9)10;1-2-6(3-7,4-8)5-9;1-2-3(4)5/h2*2-7H2,1H3,(H,9,10);7-9H,2-5H2,1H3;2H,1H2,(H,4,5). The molecule has 0 aromatic rings. The van der Waals surface area contributed by atoms with Gasteiger partial charge in [0.15, 0.2) is 0 Å². The molecule has 0 amide bonds. The highest BCUT2D eigenvalue weighted by Gasteiger charge is 2.24. The summed E-state index contributed by atoms with van der Waals surface area (Å²) < 4.78 is 0. The van der Waals surface area contributed by atoms with Crippen LogP contribution in [-0.4, -0.2) is 68.4 Å². The first-order valence-electron chi connectivity index (χ1n) is 12.2. The molecule has 34 heavy (non-hydrogen) atoms. The molecule has 0 unspecified atom stereocenters. The fourth-order valence-corrected chi connectivity index (χ4v) is 2.24. The lowest BCUT2D eigenvalue weighted by Crippen LogP contribution is -2.32. The second-order valence-electron chi connectivity index (χ2n) is 7.99. The largest absolute Gasteiger partial charge is 0.481 e. The van der Waals surface area contributed by atoms with E-state index in [0.717, 1.165) is 31.8 Å². The molecule has 0 aliphatic carbocycles. The molecule has 0 saturated carbocycles. The summed E-state index contributed by atoms with van der Waals surface area (Å²) in [5.41, 5.74) is -0.667. The lowest BCUT2D eigenvalue weighted by Gasteiger charge is -2.24. The number of unbranched alkanes of at least 4 members (excludes halogenated alkanes) is 8. The van der Waals surface area contributed by atoms with Gasteiger partial charge in [0.25, 0.3) is 0 Å². The van der Waals surface area contributed by atoms with Crippen LogP contribution in [0.25, 0.3) is 0 Å². The minimum absolute atomic E-state index is 0.156. The van der Waals surface area contributed by atoms with Gasteiger partial charge in [0.05, 0.1) is 19.8 Å². The number of carbonyl (C=O) groups is 3. The third-order valence-corrected chi connectivity index (χ3v) is 4.92. The van der Waals surface area contributed by atoms with E-state index < -0.39 is 23.3 Å². The Bertz CT molecular complexity index is 433. The van der Waals surface area contributed by atoms with Crippen molar-refractivity contribution in [2.24, 2.45) is 5.41 Å². The van der Waals surface area contributed by atoms with Crippen LogP contribution >= 0.6 is 0 Å². The lowest BCUT2D eigenvalue weighted by molar-refractivity contribution is -0.138. The van der Waals surface area contributed by atoms with Gasteiger partial charge in [-0.15, -0.1) is 0 Å². The summed E-state index contributed by atoms with van der Waals surface area (Å²) in [6, 6.07) is 0. The SMILES string of the molecule is C=CC(=O)O.CCC(CO)(CO)CO.CCCCCCCC(=O)O.CCCCCCCC(=O)O. The molecule has 0 saturated heterocycles. The van der Waals surface area contributed by atoms with Crippen molar-refractivity contribution < 1.29 is 45.0 Å². The number of carboxylic acids is 3. The van der Waals surface area contributed by atoms with E-state index in [-0.39, 0.29) is 19.8 Å². The topological polar surface area (TPSA) is 173 Å². The molecule has 0 aromatic carbocycles. The molecule has 0 aromatic heterocycles. The Balaban J connectivity index is -0.000000181. The van der Waals surface area contributed by atoms with Crippen molar-refractivity contribution in [2.45, 2.75) is 104 Å². The molecule has 9 nitrogen and oxygen atoms in total. The number of carboxylic acid groups (broad SMARTS) is 3. The van der Waals surface area contributed by atoms with E-state index in [1.54, 1.807) is 0 Å². The van der Waals surface area contributed by atoms with Crippen LogP contribution in [0.4, 0.5) is 0 Å². The van der Waals surface area contributed by atoms with Gasteiger partial charge in [-0.2, -0.15) is 0 Å². The lowest BCUT2D eigenvalue weighted by atomic mass is 9.88. The van der Waals surface area contributed by atoms with Crippen LogP contribution < -0.4 is 0 Å². The molecule has 0 heterocycles. The zero-order valence-electron chi connectivity index (χ0n) is 21.5. The Morgan fingerprint density at radius 1 is 0.647 bits per heavy atom. The van der Waals surface area contributed by atoms with Crippen LogP contribution in [0, 0.1) is 5.41 Å². The zero-order valence-corrected chi connectivity index (χ0v) is 21.5. The van der Waals surface area contributed by atoms with Gasteiger partial charge in [-0.3, -0.25) is 9.59 Å². The molecular weight excluding hydrogens is 444 g/mol. The highest BCUT2D eigenvalue weighted by atomic mass is 16.4. The molecule has 0 spiro atoms. The predicted molar refractivity (Wildman–Crippen MR) is 134 cm³/mol. The molecular formula is C25H50O9. The second kappa shape index (κ2) is 31.0. The molecule has 0 atom stereocenters. The highest BCUT2D eigenvalue weighted by molar-refractivity contribution is 5.78. The van der Waals surface area contributed by atoms with E-state index in [0.29, 0.717) is 19.3 Å². The second-order valence-corrected chi connectivity index (χ2v) is 7.99. The summed E-state index contributed by atoms with van der Waals surface area (Å²) in [4.78, 5) is 29.3. The summed E-state index contributed by atoms with van der Waals surface area (Å²) in [6.45, 7) is 8.61. The fraction of sp³-hybridized carbons (Fsp3) is 0.800. The van der Waals surface area contributed by atoms with Crippen LogP contribution in [-0.2, 0) is 14.4 Å². The monoisotopic (exact) mass is 494 g/mol. The number of aliphatic hydroxyl groups excluding tert-OH is 3. The Morgan fingerprint density at radius 3 is 1.09 bits per heavy atom. The normalized spacial score (nSPS) is 9.82. The van der Waals surface area contributed by atoms with Gasteiger partial charge in [0, 0.05) is 24.3 Å². The molecule has 0 aliphatic heterocycles. The Hall–Kier alpha value is -1.97. The Morgan fingerprint density at radius 2 is 0.941 bits per heavy atom.